The Balaban J connectivity index is 1.74. The van der Waals surface area contributed by atoms with Gasteiger partial charge in [0.2, 0.25) is 0 Å². The summed E-state index contributed by atoms with van der Waals surface area (Å²) in [7, 11) is -1.22. The molecule has 0 saturated carbocycles. The van der Waals surface area contributed by atoms with Gasteiger partial charge in [-0.25, -0.2) is 8.78 Å². The zero-order valence-corrected chi connectivity index (χ0v) is 25.3. The Morgan fingerprint density at radius 1 is 1.03 bits per heavy atom. The van der Waals surface area contributed by atoms with Crippen LogP contribution in [-0.2, 0) is 16.1 Å². The minimum absolute atomic E-state index is 0.0460. The van der Waals surface area contributed by atoms with Crippen molar-refractivity contribution in [3.63, 3.8) is 0 Å². The number of rotatable bonds is 13. The first-order valence-corrected chi connectivity index (χ1v) is 17.6. The summed E-state index contributed by atoms with van der Waals surface area (Å²) in [6, 6.07) is 16.6. The molecule has 0 amide bonds. The Labute approximate surface area is 233 Å². The molecule has 1 N–H and O–H groups in total. The van der Waals surface area contributed by atoms with E-state index >= 15 is 0 Å². The molecule has 0 aliphatic heterocycles. The fourth-order valence-electron chi connectivity index (χ4n) is 4.59. The largest absolute Gasteiger partial charge is 0.466 e. The Bertz CT molecular complexity index is 1210. The van der Waals surface area contributed by atoms with E-state index in [1.807, 2.05) is 30.5 Å². The van der Waals surface area contributed by atoms with Crippen molar-refractivity contribution in [3.8, 4) is 11.1 Å². The topological polar surface area (TPSA) is 43.3 Å². The number of carbonyl (C=O) groups excluding carboxylic acids is 1. The number of hydrogen-bond donors (Lipinski definition) is 1. The van der Waals surface area contributed by atoms with Gasteiger partial charge in [-0.1, -0.05) is 70.7 Å². The van der Waals surface area contributed by atoms with Gasteiger partial charge in [-0.15, -0.1) is 0 Å². The fraction of sp³-hybridized carbons (Fsp3) is 0.469. The molecule has 0 aliphatic rings. The van der Waals surface area contributed by atoms with Gasteiger partial charge in [0, 0.05) is 44.1 Å². The summed E-state index contributed by atoms with van der Waals surface area (Å²) in [5.74, 6) is -1.04. The zero-order valence-electron chi connectivity index (χ0n) is 24.3. The van der Waals surface area contributed by atoms with Crippen molar-refractivity contribution in [3.05, 3.63) is 83.7 Å². The molecule has 1 heterocycles. The summed E-state index contributed by atoms with van der Waals surface area (Å²) < 4.78 is 36.3. The monoisotopic (exact) mass is 554 g/mol. The lowest BCUT2D eigenvalue weighted by atomic mass is 9.84. The number of esters is 1. The first-order chi connectivity index (χ1) is 18.3. The van der Waals surface area contributed by atoms with E-state index in [2.05, 4.69) is 62.4 Å². The van der Waals surface area contributed by atoms with Crippen molar-refractivity contribution < 1.29 is 18.3 Å². The van der Waals surface area contributed by atoms with Gasteiger partial charge >= 0.3 is 5.97 Å². The molecule has 0 saturated heterocycles. The SMILES string of the molecule is CC(C)(C)C(NCCCCC(=O)OCC[Si](C)(C)C)c1cc(-c2cc(F)ccc2F)cn1Cc1ccccc1. The predicted molar refractivity (Wildman–Crippen MR) is 158 cm³/mol. The van der Waals surface area contributed by atoms with Gasteiger partial charge in [0.15, 0.2) is 0 Å². The quantitative estimate of drug-likeness (QED) is 0.132. The molecule has 4 nitrogen and oxygen atoms in total. The van der Waals surface area contributed by atoms with Gasteiger partial charge in [-0.2, -0.15) is 0 Å². The molecule has 3 aromatic rings. The summed E-state index contributed by atoms with van der Waals surface area (Å²) in [5, 5.41) is 3.69. The van der Waals surface area contributed by atoms with Crippen molar-refractivity contribution in [2.24, 2.45) is 5.41 Å². The van der Waals surface area contributed by atoms with Crippen molar-refractivity contribution in [1.82, 2.24) is 9.88 Å². The lowest BCUT2D eigenvalue weighted by molar-refractivity contribution is -0.143. The Hall–Kier alpha value is -2.77. The van der Waals surface area contributed by atoms with E-state index in [4.69, 9.17) is 4.74 Å². The Kier molecular flexibility index (Phi) is 10.7. The van der Waals surface area contributed by atoms with E-state index in [1.54, 1.807) is 0 Å². The van der Waals surface area contributed by atoms with Gasteiger partial charge in [0.25, 0.3) is 0 Å². The minimum Gasteiger partial charge on any atom is -0.466 e. The summed E-state index contributed by atoms with van der Waals surface area (Å²) >= 11 is 0. The molecule has 1 atom stereocenters. The molecule has 1 unspecified atom stereocenters. The molecule has 7 heteroatoms. The van der Waals surface area contributed by atoms with Gasteiger partial charge in [0.1, 0.15) is 11.6 Å². The Morgan fingerprint density at radius 3 is 2.41 bits per heavy atom. The molecule has 3 rings (SSSR count). The van der Waals surface area contributed by atoms with Crippen LogP contribution in [0.2, 0.25) is 25.7 Å². The van der Waals surface area contributed by atoms with Crippen LogP contribution in [0.4, 0.5) is 8.78 Å². The highest BCUT2D eigenvalue weighted by Gasteiger charge is 2.29. The van der Waals surface area contributed by atoms with E-state index in [9.17, 15) is 13.6 Å². The van der Waals surface area contributed by atoms with Gasteiger partial charge in [0.05, 0.1) is 12.6 Å². The first kappa shape index (κ1) is 30.8. The third-order valence-corrected chi connectivity index (χ3v) is 8.50. The van der Waals surface area contributed by atoms with Crippen LogP contribution in [0.15, 0.2) is 60.8 Å². The van der Waals surface area contributed by atoms with Crippen molar-refractivity contribution in [2.45, 2.75) is 78.3 Å². The summed E-state index contributed by atoms with van der Waals surface area (Å²) in [5.41, 5.74) is 2.88. The number of benzene rings is 2. The Morgan fingerprint density at radius 2 is 1.74 bits per heavy atom. The van der Waals surface area contributed by atoms with Crippen molar-refractivity contribution in [1.29, 1.82) is 0 Å². The second-order valence-corrected chi connectivity index (χ2v) is 18.3. The van der Waals surface area contributed by atoms with Crippen LogP contribution in [0, 0.1) is 17.0 Å². The van der Waals surface area contributed by atoms with Crippen molar-refractivity contribution in [2.75, 3.05) is 13.2 Å². The number of carbonyl (C=O) groups is 1. The molecule has 0 bridgehead atoms. The second-order valence-electron chi connectivity index (χ2n) is 12.6. The molecule has 0 radical (unpaired) electrons. The van der Waals surface area contributed by atoms with E-state index < -0.39 is 19.7 Å². The molecule has 0 spiro atoms. The number of unbranched alkanes of at least 4 members (excludes halogenated alkanes) is 1. The average Bonchev–Trinajstić information content (AvgIpc) is 3.24. The average molecular weight is 555 g/mol. The summed E-state index contributed by atoms with van der Waals surface area (Å²) in [4.78, 5) is 12.1. The molecule has 2 aromatic carbocycles. The maximum atomic E-state index is 14.7. The molecule has 39 heavy (non-hydrogen) atoms. The second kappa shape index (κ2) is 13.5. The highest BCUT2D eigenvalue weighted by Crippen LogP contribution is 2.37. The number of nitrogens with zero attached hydrogens (tertiary/aromatic N) is 1. The van der Waals surface area contributed by atoms with E-state index in [0.29, 0.717) is 25.1 Å². The number of ether oxygens (including phenoxy) is 1. The highest BCUT2D eigenvalue weighted by atomic mass is 28.3. The molecule has 1 aromatic heterocycles. The number of halogens is 2. The third kappa shape index (κ3) is 9.73. The van der Waals surface area contributed by atoms with E-state index in [-0.39, 0.29) is 23.0 Å². The van der Waals surface area contributed by atoms with Gasteiger partial charge in [-0.05, 0) is 60.7 Å². The van der Waals surface area contributed by atoms with Crippen LogP contribution in [0.1, 0.15) is 57.3 Å². The van der Waals surface area contributed by atoms with Crippen LogP contribution < -0.4 is 5.32 Å². The van der Waals surface area contributed by atoms with E-state index in [0.717, 1.165) is 42.8 Å². The van der Waals surface area contributed by atoms with Gasteiger partial charge < -0.3 is 14.6 Å². The van der Waals surface area contributed by atoms with Crippen LogP contribution in [0.5, 0.6) is 0 Å². The summed E-state index contributed by atoms with van der Waals surface area (Å²) in [6.07, 6.45) is 3.92. The van der Waals surface area contributed by atoms with Crippen LogP contribution in [0.25, 0.3) is 11.1 Å². The highest BCUT2D eigenvalue weighted by molar-refractivity contribution is 6.76. The normalized spacial score (nSPS) is 12.9. The van der Waals surface area contributed by atoms with Crippen LogP contribution >= 0.6 is 0 Å². The maximum Gasteiger partial charge on any atom is 0.305 e. The lowest BCUT2D eigenvalue weighted by Gasteiger charge is -2.33. The number of hydrogen-bond acceptors (Lipinski definition) is 3. The van der Waals surface area contributed by atoms with Gasteiger partial charge in [-0.3, -0.25) is 4.79 Å². The molecule has 0 aliphatic carbocycles. The fourth-order valence-corrected chi connectivity index (χ4v) is 5.31. The third-order valence-electron chi connectivity index (χ3n) is 6.80. The maximum absolute atomic E-state index is 14.7. The van der Waals surface area contributed by atoms with E-state index in [1.165, 1.54) is 12.1 Å². The zero-order chi connectivity index (χ0) is 28.6. The lowest BCUT2D eigenvalue weighted by Crippen LogP contribution is -2.34. The molecular weight excluding hydrogens is 510 g/mol. The molecular formula is C32H44F2N2O2Si. The molecule has 212 valence electrons. The minimum atomic E-state index is -1.22. The number of aromatic nitrogens is 1. The van der Waals surface area contributed by atoms with Crippen LogP contribution in [0.3, 0.4) is 0 Å². The molecule has 0 fully saturated rings. The number of nitrogens with one attached hydrogen (secondary N) is 1. The standard InChI is InChI=1S/C32H44F2N2O2Si/c1-32(2,3)31(35-17-11-10-14-30(37)38-18-19-39(4,5)6)29-20-25(27-21-26(33)15-16-28(27)34)23-36(29)22-24-12-8-7-9-13-24/h7-9,12-13,15-16,20-21,23,31,35H,10-11,14,17-19,22H2,1-6H3. The predicted octanol–water partition coefficient (Wildman–Crippen LogP) is 8.21. The summed E-state index contributed by atoms with van der Waals surface area (Å²) in [6.45, 7) is 15.2. The smallest absolute Gasteiger partial charge is 0.305 e. The first-order valence-electron chi connectivity index (χ1n) is 13.9. The van der Waals surface area contributed by atoms with Crippen LogP contribution in [-0.4, -0.2) is 31.8 Å². The van der Waals surface area contributed by atoms with Crippen molar-refractivity contribution >= 4 is 14.0 Å².